The molecule has 26 heavy (non-hydrogen) atoms. The van der Waals surface area contributed by atoms with Gasteiger partial charge in [-0.15, -0.1) is 0 Å². The number of carbonyl (C=O) groups is 1. The molecule has 1 atom stereocenters. The van der Waals surface area contributed by atoms with Crippen molar-refractivity contribution in [1.29, 1.82) is 5.26 Å². The van der Waals surface area contributed by atoms with Gasteiger partial charge in [0, 0.05) is 13.2 Å². The maximum absolute atomic E-state index is 12.2. The molecule has 1 aromatic carbocycles. The maximum atomic E-state index is 12.2. The van der Waals surface area contributed by atoms with E-state index < -0.39 is 5.91 Å². The van der Waals surface area contributed by atoms with Crippen molar-refractivity contribution in [2.75, 3.05) is 26.9 Å². The van der Waals surface area contributed by atoms with Crippen molar-refractivity contribution in [3.05, 3.63) is 29.3 Å². The van der Waals surface area contributed by atoms with Gasteiger partial charge < -0.3 is 19.5 Å². The first-order valence-corrected chi connectivity index (χ1v) is 9.00. The molecule has 0 spiro atoms. The van der Waals surface area contributed by atoms with Crippen LogP contribution in [-0.2, 0) is 9.53 Å². The lowest BCUT2D eigenvalue weighted by Gasteiger charge is -2.12. The van der Waals surface area contributed by atoms with Crippen LogP contribution in [0.3, 0.4) is 0 Å². The van der Waals surface area contributed by atoms with Crippen LogP contribution in [0.4, 0.5) is 0 Å². The number of hydrogen-bond donors (Lipinski definition) is 1. The lowest BCUT2D eigenvalue weighted by atomic mass is 10.1. The van der Waals surface area contributed by atoms with E-state index in [0.29, 0.717) is 30.2 Å². The second-order valence-corrected chi connectivity index (χ2v) is 6.13. The number of nitrogens with zero attached hydrogens (tertiary/aromatic N) is 1. The minimum absolute atomic E-state index is 0.0403. The third kappa shape index (κ3) is 5.78. The Morgan fingerprint density at radius 1 is 1.46 bits per heavy atom. The number of benzene rings is 1. The molecule has 0 radical (unpaired) electrons. The SMILES string of the molecule is CCCCOc1ccc(/C=C(/C#N)C(=O)NC[C@H]2CCCO2)cc1OC. The molecule has 2 rings (SSSR count). The zero-order valence-electron chi connectivity index (χ0n) is 15.4. The van der Waals surface area contributed by atoms with E-state index in [1.165, 1.54) is 0 Å². The second kappa shape index (κ2) is 10.5. The number of unbranched alkanes of at least 4 members (excludes halogenated alkanes) is 1. The van der Waals surface area contributed by atoms with Crippen molar-refractivity contribution >= 4 is 12.0 Å². The van der Waals surface area contributed by atoms with Gasteiger partial charge in [0.25, 0.3) is 5.91 Å². The summed E-state index contributed by atoms with van der Waals surface area (Å²) in [7, 11) is 1.56. The number of ether oxygens (including phenoxy) is 3. The van der Waals surface area contributed by atoms with Gasteiger partial charge in [0.1, 0.15) is 11.6 Å². The van der Waals surface area contributed by atoms with E-state index in [2.05, 4.69) is 12.2 Å². The fourth-order valence-electron chi connectivity index (χ4n) is 2.64. The van der Waals surface area contributed by atoms with Crippen LogP contribution in [0.2, 0.25) is 0 Å². The molecule has 1 aliphatic heterocycles. The highest BCUT2D eigenvalue weighted by Crippen LogP contribution is 2.29. The number of rotatable bonds is 9. The second-order valence-electron chi connectivity index (χ2n) is 6.13. The zero-order chi connectivity index (χ0) is 18.8. The largest absolute Gasteiger partial charge is 0.493 e. The van der Waals surface area contributed by atoms with E-state index in [0.717, 1.165) is 32.3 Å². The van der Waals surface area contributed by atoms with Crippen molar-refractivity contribution in [3.8, 4) is 17.6 Å². The first kappa shape index (κ1) is 19.8. The Hall–Kier alpha value is -2.52. The van der Waals surface area contributed by atoms with Crippen LogP contribution in [0.25, 0.3) is 6.08 Å². The molecular formula is C20H26N2O4. The fraction of sp³-hybridized carbons (Fsp3) is 0.500. The number of amides is 1. The zero-order valence-corrected chi connectivity index (χ0v) is 15.4. The van der Waals surface area contributed by atoms with E-state index in [9.17, 15) is 10.1 Å². The topological polar surface area (TPSA) is 80.6 Å². The predicted molar refractivity (Wildman–Crippen MR) is 99.0 cm³/mol. The van der Waals surface area contributed by atoms with Gasteiger partial charge in [-0.25, -0.2) is 0 Å². The molecule has 1 aromatic rings. The van der Waals surface area contributed by atoms with Crippen LogP contribution in [0.1, 0.15) is 38.2 Å². The molecule has 0 unspecified atom stereocenters. The lowest BCUT2D eigenvalue weighted by Crippen LogP contribution is -2.32. The monoisotopic (exact) mass is 358 g/mol. The van der Waals surface area contributed by atoms with Gasteiger partial charge in [-0.2, -0.15) is 5.26 Å². The Bertz CT molecular complexity index is 673. The highest BCUT2D eigenvalue weighted by atomic mass is 16.5. The molecule has 1 fully saturated rings. The molecular weight excluding hydrogens is 332 g/mol. The number of nitriles is 1. The number of hydrogen-bond acceptors (Lipinski definition) is 5. The van der Waals surface area contributed by atoms with Crippen LogP contribution in [0, 0.1) is 11.3 Å². The minimum atomic E-state index is -0.398. The van der Waals surface area contributed by atoms with Crippen LogP contribution in [-0.4, -0.2) is 38.9 Å². The van der Waals surface area contributed by atoms with Gasteiger partial charge in [-0.1, -0.05) is 19.4 Å². The molecule has 0 aromatic heterocycles. The lowest BCUT2D eigenvalue weighted by molar-refractivity contribution is -0.117. The van der Waals surface area contributed by atoms with Crippen molar-refractivity contribution in [1.82, 2.24) is 5.32 Å². The van der Waals surface area contributed by atoms with E-state index in [1.54, 1.807) is 31.4 Å². The molecule has 1 aliphatic rings. The Kier molecular flexibility index (Phi) is 7.97. The summed E-state index contributed by atoms with van der Waals surface area (Å²) in [6, 6.07) is 7.30. The summed E-state index contributed by atoms with van der Waals surface area (Å²) in [4.78, 5) is 12.2. The fourth-order valence-corrected chi connectivity index (χ4v) is 2.64. The highest BCUT2D eigenvalue weighted by Gasteiger charge is 2.17. The first-order valence-electron chi connectivity index (χ1n) is 9.00. The van der Waals surface area contributed by atoms with E-state index in [1.807, 2.05) is 6.07 Å². The molecule has 6 heteroatoms. The molecule has 0 bridgehead atoms. The third-order valence-corrected chi connectivity index (χ3v) is 4.13. The van der Waals surface area contributed by atoms with Gasteiger partial charge in [0.15, 0.2) is 11.5 Å². The molecule has 140 valence electrons. The Morgan fingerprint density at radius 3 is 2.96 bits per heavy atom. The van der Waals surface area contributed by atoms with Gasteiger partial charge in [-0.05, 0) is 43.0 Å². The molecule has 1 amide bonds. The van der Waals surface area contributed by atoms with E-state index >= 15 is 0 Å². The average molecular weight is 358 g/mol. The number of nitrogens with one attached hydrogen (secondary N) is 1. The molecule has 1 heterocycles. The predicted octanol–water partition coefficient (Wildman–Crippen LogP) is 3.08. The summed E-state index contributed by atoms with van der Waals surface area (Å²) < 4.78 is 16.5. The van der Waals surface area contributed by atoms with Crippen LogP contribution in [0.5, 0.6) is 11.5 Å². The smallest absolute Gasteiger partial charge is 0.262 e. The van der Waals surface area contributed by atoms with E-state index in [-0.39, 0.29) is 11.7 Å². The van der Waals surface area contributed by atoms with Crippen molar-refractivity contribution < 1.29 is 19.0 Å². The summed E-state index contributed by atoms with van der Waals surface area (Å²) in [6.45, 7) is 3.87. The van der Waals surface area contributed by atoms with Crippen molar-refractivity contribution in [2.45, 2.75) is 38.7 Å². The van der Waals surface area contributed by atoms with Crippen molar-refractivity contribution in [3.63, 3.8) is 0 Å². The summed E-state index contributed by atoms with van der Waals surface area (Å²) in [5, 5.41) is 12.1. The Labute approximate surface area is 154 Å². The Balaban J connectivity index is 2.04. The van der Waals surface area contributed by atoms with Crippen LogP contribution in [0.15, 0.2) is 23.8 Å². The van der Waals surface area contributed by atoms with E-state index in [4.69, 9.17) is 14.2 Å². The Morgan fingerprint density at radius 2 is 2.31 bits per heavy atom. The quantitative estimate of drug-likeness (QED) is 0.417. The summed E-state index contributed by atoms with van der Waals surface area (Å²) in [5.41, 5.74) is 0.748. The summed E-state index contributed by atoms with van der Waals surface area (Å²) >= 11 is 0. The highest BCUT2D eigenvalue weighted by molar-refractivity contribution is 6.01. The molecule has 0 aliphatic carbocycles. The van der Waals surface area contributed by atoms with Gasteiger partial charge in [0.05, 0.1) is 19.8 Å². The summed E-state index contributed by atoms with van der Waals surface area (Å²) in [5.74, 6) is 0.830. The summed E-state index contributed by atoms with van der Waals surface area (Å²) in [6.07, 6.45) is 5.54. The number of methoxy groups -OCH3 is 1. The standard InChI is InChI=1S/C20H26N2O4/c1-3-4-9-26-18-8-7-15(12-19(18)24-2)11-16(13-21)20(23)22-14-17-6-5-10-25-17/h7-8,11-12,17H,3-6,9-10,14H2,1-2H3,(H,22,23)/b16-11-/t17-/m1/s1. The number of carbonyl (C=O) groups excluding carboxylic acids is 1. The van der Waals surface area contributed by atoms with Crippen LogP contribution < -0.4 is 14.8 Å². The minimum Gasteiger partial charge on any atom is -0.493 e. The van der Waals surface area contributed by atoms with Gasteiger partial charge in [-0.3, -0.25) is 4.79 Å². The molecule has 1 saturated heterocycles. The molecule has 0 saturated carbocycles. The molecule has 1 N–H and O–H groups in total. The van der Waals surface area contributed by atoms with Gasteiger partial charge >= 0.3 is 0 Å². The normalized spacial score (nSPS) is 16.8. The molecule has 6 nitrogen and oxygen atoms in total. The average Bonchev–Trinajstić information content (AvgIpc) is 3.18. The van der Waals surface area contributed by atoms with Crippen LogP contribution >= 0.6 is 0 Å². The maximum Gasteiger partial charge on any atom is 0.262 e. The first-order chi connectivity index (χ1) is 12.7. The van der Waals surface area contributed by atoms with Gasteiger partial charge in [0.2, 0.25) is 0 Å². The van der Waals surface area contributed by atoms with Crippen molar-refractivity contribution in [2.24, 2.45) is 0 Å². The third-order valence-electron chi connectivity index (χ3n) is 4.13.